The Labute approximate surface area is 101 Å². The molecule has 1 aliphatic rings. The van der Waals surface area contributed by atoms with Crippen molar-refractivity contribution in [2.24, 2.45) is 5.41 Å². The van der Waals surface area contributed by atoms with Crippen LogP contribution >= 0.6 is 0 Å². The second-order valence-corrected chi connectivity index (χ2v) is 5.53. The first-order chi connectivity index (χ1) is 8.18. The predicted octanol–water partition coefficient (Wildman–Crippen LogP) is 2.85. The summed E-state index contributed by atoms with van der Waals surface area (Å²) in [6.45, 7) is -2.63. The van der Waals surface area contributed by atoms with Crippen LogP contribution in [0.2, 0.25) is 0 Å². The average molecular weight is 294 g/mol. The van der Waals surface area contributed by atoms with Crippen LogP contribution in [0.25, 0.3) is 0 Å². The second kappa shape index (κ2) is 5.02. The van der Waals surface area contributed by atoms with E-state index in [1.807, 2.05) is 0 Å². The first kappa shape index (κ1) is 15.2. The lowest BCUT2D eigenvalue weighted by atomic mass is 9.79. The van der Waals surface area contributed by atoms with Crippen LogP contribution in [0.15, 0.2) is 11.8 Å². The van der Waals surface area contributed by atoms with Crippen molar-refractivity contribution in [2.45, 2.75) is 24.8 Å². The molecule has 0 spiro atoms. The fourth-order valence-electron chi connectivity index (χ4n) is 1.60. The van der Waals surface area contributed by atoms with Gasteiger partial charge in [-0.1, -0.05) is 0 Å². The number of halogens is 5. The van der Waals surface area contributed by atoms with E-state index in [1.165, 1.54) is 0 Å². The first-order valence-corrected chi connectivity index (χ1v) is 6.43. The van der Waals surface area contributed by atoms with Crippen molar-refractivity contribution in [3.05, 3.63) is 11.8 Å². The van der Waals surface area contributed by atoms with Gasteiger partial charge in [0, 0.05) is 0 Å². The summed E-state index contributed by atoms with van der Waals surface area (Å²) in [5, 5.41) is 0. The highest BCUT2D eigenvalue weighted by molar-refractivity contribution is 7.87. The van der Waals surface area contributed by atoms with Crippen LogP contribution in [0.5, 0.6) is 0 Å². The van der Waals surface area contributed by atoms with Gasteiger partial charge in [-0.2, -0.15) is 21.6 Å². The molecule has 9 heteroatoms. The SMILES string of the molecule is O=S(=O)(OC1=CCCCC1(CF)CF)C(F)(F)F. The van der Waals surface area contributed by atoms with Crippen LogP contribution in [0.3, 0.4) is 0 Å². The Bertz CT molecular complexity index is 422. The Morgan fingerprint density at radius 1 is 1.28 bits per heavy atom. The molecular weight excluding hydrogens is 283 g/mol. The third kappa shape index (κ3) is 2.76. The summed E-state index contributed by atoms with van der Waals surface area (Å²) in [6.07, 6.45) is 1.46. The van der Waals surface area contributed by atoms with Gasteiger partial charge >= 0.3 is 15.6 Å². The summed E-state index contributed by atoms with van der Waals surface area (Å²) in [7, 11) is -5.89. The van der Waals surface area contributed by atoms with Gasteiger partial charge < -0.3 is 4.18 Å². The quantitative estimate of drug-likeness (QED) is 0.455. The van der Waals surface area contributed by atoms with E-state index in [0.29, 0.717) is 6.42 Å². The molecule has 0 unspecified atom stereocenters. The summed E-state index contributed by atoms with van der Waals surface area (Å²) in [5.74, 6) is -0.795. The maximum Gasteiger partial charge on any atom is 0.534 e. The van der Waals surface area contributed by atoms with Crippen molar-refractivity contribution in [3.63, 3.8) is 0 Å². The molecule has 0 atom stereocenters. The Morgan fingerprint density at radius 3 is 2.28 bits per heavy atom. The molecule has 0 aromatic rings. The van der Waals surface area contributed by atoms with Crippen LogP contribution in [0.4, 0.5) is 22.0 Å². The van der Waals surface area contributed by atoms with Gasteiger partial charge in [0.05, 0.1) is 5.41 Å². The van der Waals surface area contributed by atoms with Gasteiger partial charge in [0.15, 0.2) is 0 Å². The smallest absolute Gasteiger partial charge is 0.380 e. The van der Waals surface area contributed by atoms with Gasteiger partial charge in [-0.15, -0.1) is 0 Å². The summed E-state index contributed by atoms with van der Waals surface area (Å²) < 4.78 is 87.5. The average Bonchev–Trinajstić information content (AvgIpc) is 2.28. The minimum absolute atomic E-state index is 0.0980. The summed E-state index contributed by atoms with van der Waals surface area (Å²) in [4.78, 5) is 0. The van der Waals surface area contributed by atoms with Crippen molar-refractivity contribution in [3.8, 4) is 0 Å². The lowest BCUT2D eigenvalue weighted by Gasteiger charge is -2.32. The molecule has 0 heterocycles. The Kier molecular flexibility index (Phi) is 4.24. The number of allylic oxidation sites excluding steroid dienone is 2. The zero-order valence-electron chi connectivity index (χ0n) is 9.14. The molecule has 106 valence electrons. The van der Waals surface area contributed by atoms with E-state index in [9.17, 15) is 30.4 Å². The van der Waals surface area contributed by atoms with Gasteiger partial charge in [0.1, 0.15) is 19.1 Å². The van der Waals surface area contributed by atoms with E-state index in [2.05, 4.69) is 4.18 Å². The van der Waals surface area contributed by atoms with Crippen LogP contribution in [-0.2, 0) is 14.3 Å². The zero-order chi connectivity index (χ0) is 14.0. The molecule has 0 amide bonds. The second-order valence-electron chi connectivity index (χ2n) is 3.99. The summed E-state index contributed by atoms with van der Waals surface area (Å²) in [6, 6.07) is 0. The van der Waals surface area contributed by atoms with E-state index < -0.39 is 40.1 Å². The van der Waals surface area contributed by atoms with Crippen LogP contribution in [-0.4, -0.2) is 27.3 Å². The van der Waals surface area contributed by atoms with Gasteiger partial charge in [0.2, 0.25) is 0 Å². The normalized spacial score (nSPS) is 20.4. The monoisotopic (exact) mass is 294 g/mol. The maximum absolute atomic E-state index is 12.8. The van der Waals surface area contributed by atoms with E-state index >= 15 is 0 Å². The maximum atomic E-state index is 12.8. The van der Waals surface area contributed by atoms with Crippen molar-refractivity contribution in [1.82, 2.24) is 0 Å². The van der Waals surface area contributed by atoms with Crippen LogP contribution in [0.1, 0.15) is 19.3 Å². The Morgan fingerprint density at radius 2 is 1.83 bits per heavy atom. The van der Waals surface area contributed by atoms with E-state index in [4.69, 9.17) is 0 Å². The largest absolute Gasteiger partial charge is 0.534 e. The third-order valence-corrected chi connectivity index (χ3v) is 3.67. The molecule has 0 aliphatic heterocycles. The lowest BCUT2D eigenvalue weighted by Crippen LogP contribution is -2.36. The molecule has 0 N–H and O–H groups in total. The molecule has 0 aromatic carbocycles. The van der Waals surface area contributed by atoms with Gasteiger partial charge in [-0.25, -0.2) is 8.78 Å². The predicted molar refractivity (Wildman–Crippen MR) is 52.4 cm³/mol. The van der Waals surface area contributed by atoms with Crippen LogP contribution in [0, 0.1) is 5.41 Å². The minimum Gasteiger partial charge on any atom is -0.380 e. The van der Waals surface area contributed by atoms with Gasteiger partial charge in [0.25, 0.3) is 0 Å². The van der Waals surface area contributed by atoms with Crippen molar-refractivity contribution in [2.75, 3.05) is 13.3 Å². The first-order valence-electron chi connectivity index (χ1n) is 5.02. The highest BCUT2D eigenvalue weighted by Gasteiger charge is 2.51. The molecule has 0 radical (unpaired) electrons. The number of hydrogen-bond acceptors (Lipinski definition) is 3. The Hall–Kier alpha value is -0.860. The summed E-state index contributed by atoms with van der Waals surface area (Å²) >= 11 is 0. The summed E-state index contributed by atoms with van der Waals surface area (Å²) in [5.41, 5.74) is -7.54. The lowest BCUT2D eigenvalue weighted by molar-refractivity contribution is -0.0542. The zero-order valence-corrected chi connectivity index (χ0v) is 9.95. The molecule has 0 aromatic heterocycles. The number of hydrogen-bond donors (Lipinski definition) is 0. The molecule has 1 rings (SSSR count). The molecule has 0 bridgehead atoms. The minimum atomic E-state index is -5.89. The fourth-order valence-corrected chi connectivity index (χ4v) is 2.18. The van der Waals surface area contributed by atoms with Gasteiger partial charge in [-0.3, -0.25) is 0 Å². The third-order valence-electron chi connectivity index (χ3n) is 2.71. The molecule has 3 nitrogen and oxygen atoms in total. The van der Waals surface area contributed by atoms with E-state index in [-0.39, 0.29) is 12.8 Å². The van der Waals surface area contributed by atoms with Gasteiger partial charge in [-0.05, 0) is 25.3 Å². The number of alkyl halides is 5. The molecule has 1 aliphatic carbocycles. The molecule has 0 fully saturated rings. The highest BCUT2D eigenvalue weighted by Crippen LogP contribution is 2.41. The molecular formula is C9H11F5O3S. The van der Waals surface area contributed by atoms with Crippen molar-refractivity contribution < 1.29 is 34.6 Å². The highest BCUT2D eigenvalue weighted by atomic mass is 32.2. The fraction of sp³-hybridized carbons (Fsp3) is 0.778. The van der Waals surface area contributed by atoms with Crippen molar-refractivity contribution >= 4 is 10.1 Å². The standard InChI is InChI=1S/C9H11F5O3S/c10-5-8(6-11)4-2-1-3-7(8)17-18(15,16)9(12,13)14/h3H,1-2,4-6H2. The van der Waals surface area contributed by atoms with E-state index in [1.54, 1.807) is 0 Å². The van der Waals surface area contributed by atoms with E-state index in [0.717, 1.165) is 6.08 Å². The Balaban J connectivity index is 3.05. The van der Waals surface area contributed by atoms with Crippen molar-refractivity contribution in [1.29, 1.82) is 0 Å². The molecule has 0 saturated carbocycles. The molecule has 18 heavy (non-hydrogen) atoms. The van der Waals surface area contributed by atoms with Crippen LogP contribution < -0.4 is 0 Å². The number of rotatable bonds is 4. The topological polar surface area (TPSA) is 43.4 Å². The molecule has 0 saturated heterocycles.